The fraction of sp³-hybridized carbons (Fsp3) is 0.211. The Kier molecular flexibility index (Phi) is 6.28. The zero-order valence-electron chi connectivity index (χ0n) is 14.8. The predicted molar refractivity (Wildman–Crippen MR) is 105 cm³/mol. The van der Waals surface area contributed by atoms with Crippen LogP contribution < -0.4 is 5.56 Å². The Labute approximate surface area is 169 Å². The summed E-state index contributed by atoms with van der Waals surface area (Å²) in [7, 11) is 1.49. The zero-order chi connectivity index (χ0) is 20.3. The minimum absolute atomic E-state index is 0.0111. The first-order valence-electron chi connectivity index (χ1n) is 8.31. The number of hydrogen-bond donors (Lipinski definition) is 1. The van der Waals surface area contributed by atoms with Crippen LogP contribution in [0.1, 0.15) is 16.2 Å². The minimum atomic E-state index is -0.752. The van der Waals surface area contributed by atoms with Crippen molar-refractivity contribution in [2.45, 2.75) is 6.54 Å². The monoisotopic (exact) mass is 423 g/mol. The molecule has 0 saturated heterocycles. The number of hydrogen-bond acceptors (Lipinski definition) is 4. The van der Waals surface area contributed by atoms with Gasteiger partial charge in [0, 0.05) is 13.7 Å². The SMILES string of the molecule is COCCN(Cc1nc2ccccc2c(=O)[nH]1)C(=O)c1cc(F)c(Cl)cc1Cl. The minimum Gasteiger partial charge on any atom is -0.383 e. The molecule has 0 saturated carbocycles. The van der Waals surface area contributed by atoms with Crippen LogP contribution in [0.5, 0.6) is 0 Å². The van der Waals surface area contributed by atoms with E-state index in [-0.39, 0.29) is 40.9 Å². The summed E-state index contributed by atoms with van der Waals surface area (Å²) >= 11 is 11.8. The number of nitrogens with zero attached hydrogens (tertiary/aromatic N) is 2. The summed E-state index contributed by atoms with van der Waals surface area (Å²) in [6.07, 6.45) is 0. The van der Waals surface area contributed by atoms with Crippen LogP contribution in [0.3, 0.4) is 0 Å². The summed E-state index contributed by atoms with van der Waals surface area (Å²) in [5, 5.41) is 0.299. The standard InChI is InChI=1S/C19H16Cl2FN3O3/c1-28-7-6-25(19(27)12-8-15(22)14(21)9-13(12)20)10-17-23-16-5-3-2-4-11(16)18(26)24-17/h2-5,8-9H,6-7,10H2,1H3,(H,23,24,26). The Morgan fingerprint density at radius 1 is 1.25 bits per heavy atom. The molecular weight excluding hydrogens is 408 g/mol. The molecule has 0 radical (unpaired) electrons. The molecule has 3 rings (SSSR count). The fourth-order valence-corrected chi connectivity index (χ4v) is 3.17. The Balaban J connectivity index is 1.96. The highest BCUT2D eigenvalue weighted by Gasteiger charge is 2.21. The molecule has 0 unspecified atom stereocenters. The highest BCUT2D eigenvalue weighted by molar-refractivity contribution is 6.36. The van der Waals surface area contributed by atoms with Crippen LogP contribution in [0.25, 0.3) is 10.9 Å². The topological polar surface area (TPSA) is 75.3 Å². The van der Waals surface area contributed by atoms with Gasteiger partial charge in [0.15, 0.2) is 0 Å². The van der Waals surface area contributed by atoms with E-state index in [4.69, 9.17) is 27.9 Å². The van der Waals surface area contributed by atoms with E-state index >= 15 is 0 Å². The van der Waals surface area contributed by atoms with Crippen molar-refractivity contribution in [3.63, 3.8) is 0 Å². The van der Waals surface area contributed by atoms with E-state index < -0.39 is 11.7 Å². The lowest BCUT2D eigenvalue weighted by atomic mass is 10.2. The van der Waals surface area contributed by atoms with Gasteiger partial charge in [-0.25, -0.2) is 9.37 Å². The van der Waals surface area contributed by atoms with Crippen molar-refractivity contribution < 1.29 is 13.9 Å². The summed E-state index contributed by atoms with van der Waals surface area (Å²) in [5.41, 5.74) is 0.161. The molecule has 9 heteroatoms. The molecule has 0 aliphatic heterocycles. The molecule has 0 spiro atoms. The second-order valence-electron chi connectivity index (χ2n) is 6.00. The number of aromatic nitrogens is 2. The Morgan fingerprint density at radius 2 is 2.00 bits per heavy atom. The van der Waals surface area contributed by atoms with E-state index in [1.54, 1.807) is 24.3 Å². The van der Waals surface area contributed by atoms with Crippen molar-refractivity contribution in [2.75, 3.05) is 20.3 Å². The van der Waals surface area contributed by atoms with Crippen LogP contribution in [0.2, 0.25) is 10.0 Å². The predicted octanol–water partition coefficient (Wildman–Crippen LogP) is 3.66. The normalized spacial score (nSPS) is 11.0. The van der Waals surface area contributed by atoms with Gasteiger partial charge in [-0.15, -0.1) is 0 Å². The highest BCUT2D eigenvalue weighted by atomic mass is 35.5. The number of rotatable bonds is 6. The van der Waals surface area contributed by atoms with E-state index in [1.807, 2.05) is 0 Å². The molecule has 146 valence electrons. The lowest BCUT2D eigenvalue weighted by molar-refractivity contribution is 0.0675. The number of carbonyl (C=O) groups excluding carboxylic acids is 1. The fourth-order valence-electron chi connectivity index (χ4n) is 2.70. The Bertz CT molecular complexity index is 1090. The summed E-state index contributed by atoms with van der Waals surface area (Å²) in [4.78, 5) is 33.6. The van der Waals surface area contributed by atoms with Gasteiger partial charge in [0.05, 0.1) is 39.7 Å². The Morgan fingerprint density at radius 3 is 2.75 bits per heavy atom. The number of carbonyl (C=O) groups is 1. The zero-order valence-corrected chi connectivity index (χ0v) is 16.4. The molecule has 0 fully saturated rings. The molecule has 0 bridgehead atoms. The van der Waals surface area contributed by atoms with Crippen LogP contribution >= 0.6 is 23.2 Å². The summed E-state index contributed by atoms with van der Waals surface area (Å²) in [5.74, 6) is -0.995. The number of benzene rings is 2. The maximum Gasteiger partial charge on any atom is 0.258 e. The van der Waals surface area contributed by atoms with E-state index in [0.29, 0.717) is 16.7 Å². The first kappa shape index (κ1) is 20.3. The second-order valence-corrected chi connectivity index (χ2v) is 6.81. The van der Waals surface area contributed by atoms with E-state index in [1.165, 1.54) is 18.1 Å². The van der Waals surface area contributed by atoms with Gasteiger partial charge in [0.2, 0.25) is 0 Å². The quantitative estimate of drug-likeness (QED) is 0.613. The van der Waals surface area contributed by atoms with Crippen LogP contribution in [0.15, 0.2) is 41.2 Å². The molecule has 1 heterocycles. The van der Waals surface area contributed by atoms with Gasteiger partial charge in [-0.05, 0) is 24.3 Å². The summed E-state index contributed by atoms with van der Waals surface area (Å²) in [6, 6.07) is 9.04. The van der Waals surface area contributed by atoms with Gasteiger partial charge >= 0.3 is 0 Å². The second kappa shape index (κ2) is 8.68. The third-order valence-electron chi connectivity index (χ3n) is 4.10. The largest absolute Gasteiger partial charge is 0.383 e. The summed E-state index contributed by atoms with van der Waals surface area (Å²) < 4.78 is 18.9. The number of para-hydroxylation sites is 1. The maximum absolute atomic E-state index is 13.8. The number of fused-ring (bicyclic) bond motifs is 1. The van der Waals surface area contributed by atoms with E-state index in [9.17, 15) is 14.0 Å². The number of H-pyrrole nitrogens is 1. The van der Waals surface area contributed by atoms with Crippen molar-refractivity contribution in [3.05, 3.63) is 74.0 Å². The van der Waals surface area contributed by atoms with Crippen molar-refractivity contribution in [1.29, 1.82) is 0 Å². The van der Waals surface area contributed by atoms with Crippen molar-refractivity contribution in [1.82, 2.24) is 14.9 Å². The molecule has 28 heavy (non-hydrogen) atoms. The van der Waals surface area contributed by atoms with E-state index in [2.05, 4.69) is 9.97 Å². The van der Waals surface area contributed by atoms with Gasteiger partial charge < -0.3 is 14.6 Å². The molecule has 1 amide bonds. The molecule has 0 aliphatic carbocycles. The summed E-state index contributed by atoms with van der Waals surface area (Å²) in [6.45, 7) is 0.409. The maximum atomic E-state index is 13.8. The number of nitrogens with one attached hydrogen (secondary N) is 1. The number of methoxy groups -OCH3 is 1. The highest BCUT2D eigenvalue weighted by Crippen LogP contribution is 2.25. The molecule has 1 aromatic heterocycles. The van der Waals surface area contributed by atoms with Crippen molar-refractivity contribution >= 4 is 40.0 Å². The smallest absolute Gasteiger partial charge is 0.258 e. The number of halogens is 3. The van der Waals surface area contributed by atoms with Crippen LogP contribution in [0, 0.1) is 5.82 Å². The van der Waals surface area contributed by atoms with E-state index in [0.717, 1.165) is 6.07 Å². The molecular formula is C19H16Cl2FN3O3. The third kappa shape index (κ3) is 4.32. The van der Waals surface area contributed by atoms with Crippen LogP contribution in [-0.2, 0) is 11.3 Å². The molecule has 2 aromatic carbocycles. The average Bonchev–Trinajstić information content (AvgIpc) is 2.67. The molecule has 3 aromatic rings. The molecule has 1 N–H and O–H groups in total. The van der Waals surface area contributed by atoms with Gasteiger partial charge in [-0.2, -0.15) is 0 Å². The van der Waals surface area contributed by atoms with Gasteiger partial charge in [-0.3, -0.25) is 9.59 Å². The van der Waals surface area contributed by atoms with Crippen molar-refractivity contribution in [3.8, 4) is 0 Å². The third-order valence-corrected chi connectivity index (χ3v) is 4.70. The lowest BCUT2D eigenvalue weighted by Crippen LogP contribution is -2.35. The molecule has 0 aliphatic rings. The first-order valence-corrected chi connectivity index (χ1v) is 9.07. The number of aromatic amines is 1. The molecule has 0 atom stereocenters. The van der Waals surface area contributed by atoms with Gasteiger partial charge in [0.25, 0.3) is 11.5 Å². The lowest BCUT2D eigenvalue weighted by Gasteiger charge is -2.22. The molecule has 6 nitrogen and oxygen atoms in total. The average molecular weight is 424 g/mol. The first-order chi connectivity index (χ1) is 13.4. The van der Waals surface area contributed by atoms with Gasteiger partial charge in [0.1, 0.15) is 11.6 Å². The van der Waals surface area contributed by atoms with Gasteiger partial charge in [-0.1, -0.05) is 35.3 Å². The van der Waals surface area contributed by atoms with Crippen LogP contribution in [-0.4, -0.2) is 41.0 Å². The number of amides is 1. The Hall–Kier alpha value is -2.48. The van der Waals surface area contributed by atoms with Crippen LogP contribution in [0.4, 0.5) is 4.39 Å². The number of ether oxygens (including phenoxy) is 1. The van der Waals surface area contributed by atoms with Crippen molar-refractivity contribution in [2.24, 2.45) is 0 Å².